The Kier molecular flexibility index (Phi) is 8.09. The predicted octanol–water partition coefficient (Wildman–Crippen LogP) is 2.57. The molecule has 1 aliphatic heterocycles. The number of aryl methyl sites for hydroxylation is 1. The number of piperazine rings is 1. The largest absolute Gasteiger partial charge is 0.478 e. The molecule has 4 rings (SSSR count). The van der Waals surface area contributed by atoms with Crippen molar-refractivity contribution in [1.29, 1.82) is 0 Å². The molecule has 1 aliphatic rings. The number of nitrogens with zero attached hydrogens (tertiary/aromatic N) is 6. The van der Waals surface area contributed by atoms with Crippen LogP contribution in [0.15, 0.2) is 36.7 Å². The van der Waals surface area contributed by atoms with E-state index in [2.05, 4.69) is 37.7 Å². The lowest BCUT2D eigenvalue weighted by atomic mass is 10.2. The van der Waals surface area contributed by atoms with Crippen LogP contribution in [0.1, 0.15) is 35.9 Å². The summed E-state index contributed by atoms with van der Waals surface area (Å²) in [6, 6.07) is 8.34. The number of rotatable bonds is 12. The van der Waals surface area contributed by atoms with Crippen LogP contribution in [0.2, 0.25) is 0 Å². The van der Waals surface area contributed by atoms with Gasteiger partial charge in [-0.25, -0.2) is 9.78 Å². The van der Waals surface area contributed by atoms with Gasteiger partial charge in [-0.2, -0.15) is 5.10 Å². The van der Waals surface area contributed by atoms with Gasteiger partial charge in [0, 0.05) is 52.1 Å². The predicted molar refractivity (Wildman–Crippen MR) is 126 cm³/mol. The monoisotopic (exact) mass is 454 g/mol. The first kappa shape index (κ1) is 23.4. The smallest absolute Gasteiger partial charge is 0.338 e. The highest BCUT2D eigenvalue weighted by molar-refractivity contribution is 5.86. The molecule has 0 radical (unpaired) electrons. The number of hydrogen-bond donors (Lipinski definition) is 1. The van der Waals surface area contributed by atoms with Crippen molar-refractivity contribution in [2.24, 2.45) is 0 Å². The van der Waals surface area contributed by atoms with Crippen LogP contribution in [0, 0.1) is 0 Å². The van der Waals surface area contributed by atoms with Gasteiger partial charge >= 0.3 is 5.97 Å². The molecule has 0 unspecified atom stereocenters. The molecule has 0 bridgehead atoms. The number of carboxylic acid groups (broad SMARTS) is 1. The van der Waals surface area contributed by atoms with E-state index >= 15 is 0 Å². The molecule has 2 aromatic heterocycles. The molecule has 3 aromatic rings. The maximum absolute atomic E-state index is 10.9. The SMILES string of the molecule is CCOCCn1c(CN2CCN(CCCCn3cc(C(=O)O)cn3)CC2)nc2ccccc21. The molecule has 9 heteroatoms. The summed E-state index contributed by atoms with van der Waals surface area (Å²) in [7, 11) is 0. The Hall–Kier alpha value is -2.75. The number of carbonyl (C=O) groups is 1. The molecule has 1 fully saturated rings. The van der Waals surface area contributed by atoms with Crippen molar-refractivity contribution < 1.29 is 14.6 Å². The molecule has 0 saturated carbocycles. The van der Waals surface area contributed by atoms with Gasteiger partial charge in [0.25, 0.3) is 0 Å². The second kappa shape index (κ2) is 11.4. The molecular formula is C24H34N6O3. The molecule has 3 heterocycles. The van der Waals surface area contributed by atoms with Crippen molar-refractivity contribution in [2.45, 2.75) is 39.4 Å². The van der Waals surface area contributed by atoms with E-state index in [0.29, 0.717) is 6.61 Å². The average Bonchev–Trinajstić information content (AvgIpc) is 3.43. The van der Waals surface area contributed by atoms with Crippen LogP contribution in [0.3, 0.4) is 0 Å². The Morgan fingerprint density at radius 1 is 1.06 bits per heavy atom. The van der Waals surface area contributed by atoms with Gasteiger partial charge in [0.1, 0.15) is 5.82 Å². The second-order valence-corrected chi connectivity index (χ2v) is 8.49. The third kappa shape index (κ3) is 6.19. The highest BCUT2D eigenvalue weighted by Crippen LogP contribution is 2.18. The van der Waals surface area contributed by atoms with Gasteiger partial charge in [0.15, 0.2) is 0 Å². The standard InChI is InChI=1S/C24H34N6O3/c1-2-33-16-15-30-22-8-4-3-7-21(22)26-23(30)19-28-13-11-27(12-14-28)9-5-6-10-29-18-20(17-25-29)24(31)32/h3-4,7-8,17-18H,2,5-6,9-16,19H2,1H3,(H,31,32). The van der Waals surface area contributed by atoms with E-state index in [1.54, 1.807) is 10.9 Å². The van der Waals surface area contributed by atoms with Crippen LogP contribution in [0.5, 0.6) is 0 Å². The summed E-state index contributed by atoms with van der Waals surface area (Å²) in [5.41, 5.74) is 2.48. The van der Waals surface area contributed by atoms with Gasteiger partial charge in [-0.15, -0.1) is 0 Å². The Bertz CT molecular complexity index is 1040. The lowest BCUT2D eigenvalue weighted by Crippen LogP contribution is -2.46. The van der Waals surface area contributed by atoms with E-state index in [4.69, 9.17) is 14.8 Å². The summed E-state index contributed by atoms with van der Waals surface area (Å²) in [6.07, 6.45) is 5.08. The van der Waals surface area contributed by atoms with E-state index < -0.39 is 5.97 Å². The minimum atomic E-state index is -0.927. The van der Waals surface area contributed by atoms with Gasteiger partial charge in [-0.3, -0.25) is 9.58 Å². The lowest BCUT2D eigenvalue weighted by molar-refractivity contribution is 0.0696. The first-order valence-corrected chi connectivity index (χ1v) is 11.9. The topological polar surface area (TPSA) is 88.7 Å². The zero-order valence-electron chi connectivity index (χ0n) is 19.4. The average molecular weight is 455 g/mol. The summed E-state index contributed by atoms with van der Waals surface area (Å²) >= 11 is 0. The second-order valence-electron chi connectivity index (χ2n) is 8.49. The number of hydrogen-bond acceptors (Lipinski definition) is 6. The molecule has 1 N–H and O–H groups in total. The van der Waals surface area contributed by atoms with Crippen LogP contribution in [0.25, 0.3) is 11.0 Å². The normalized spacial score (nSPS) is 15.4. The van der Waals surface area contributed by atoms with Crippen molar-refractivity contribution in [3.63, 3.8) is 0 Å². The summed E-state index contributed by atoms with van der Waals surface area (Å²) in [5.74, 6) is 0.188. The van der Waals surface area contributed by atoms with Gasteiger partial charge < -0.3 is 19.3 Å². The Morgan fingerprint density at radius 2 is 1.82 bits per heavy atom. The van der Waals surface area contributed by atoms with Gasteiger partial charge in [0.05, 0.1) is 35.9 Å². The number of unbranched alkanes of at least 4 members (excludes halogenated alkanes) is 1. The molecule has 178 valence electrons. The van der Waals surface area contributed by atoms with E-state index in [1.165, 1.54) is 11.7 Å². The van der Waals surface area contributed by atoms with Crippen molar-refractivity contribution in [2.75, 3.05) is 45.9 Å². The number of aromatic nitrogens is 4. The minimum Gasteiger partial charge on any atom is -0.478 e. The maximum atomic E-state index is 10.9. The van der Waals surface area contributed by atoms with Crippen molar-refractivity contribution in [1.82, 2.24) is 29.1 Å². The number of benzene rings is 1. The zero-order valence-corrected chi connectivity index (χ0v) is 19.4. The highest BCUT2D eigenvalue weighted by atomic mass is 16.5. The Morgan fingerprint density at radius 3 is 2.58 bits per heavy atom. The summed E-state index contributed by atoms with van der Waals surface area (Å²) < 4.78 is 9.63. The quantitative estimate of drug-likeness (QED) is 0.421. The van der Waals surface area contributed by atoms with Crippen LogP contribution < -0.4 is 0 Å². The highest BCUT2D eigenvalue weighted by Gasteiger charge is 2.19. The van der Waals surface area contributed by atoms with Gasteiger partial charge in [-0.1, -0.05) is 12.1 Å². The lowest BCUT2D eigenvalue weighted by Gasteiger charge is -2.34. The molecule has 9 nitrogen and oxygen atoms in total. The van der Waals surface area contributed by atoms with E-state index in [1.807, 2.05) is 13.0 Å². The first-order valence-electron chi connectivity index (χ1n) is 11.9. The molecule has 0 atom stereocenters. The van der Waals surface area contributed by atoms with Crippen molar-refractivity contribution in [3.05, 3.63) is 48.0 Å². The molecule has 33 heavy (non-hydrogen) atoms. The van der Waals surface area contributed by atoms with E-state index in [9.17, 15) is 4.79 Å². The van der Waals surface area contributed by atoms with E-state index in [-0.39, 0.29) is 5.56 Å². The summed E-state index contributed by atoms with van der Waals surface area (Å²) in [6.45, 7) is 11.2. The van der Waals surface area contributed by atoms with Crippen LogP contribution >= 0.6 is 0 Å². The fourth-order valence-electron chi connectivity index (χ4n) is 4.37. The van der Waals surface area contributed by atoms with Crippen molar-refractivity contribution >= 4 is 17.0 Å². The van der Waals surface area contributed by atoms with E-state index in [0.717, 1.165) is 83.1 Å². The van der Waals surface area contributed by atoms with Gasteiger partial charge in [-0.05, 0) is 38.4 Å². The number of aromatic carboxylic acids is 1. The third-order valence-corrected chi connectivity index (χ3v) is 6.22. The molecule has 0 aliphatic carbocycles. The van der Waals surface area contributed by atoms with Crippen LogP contribution in [0.4, 0.5) is 0 Å². The summed E-state index contributed by atoms with van der Waals surface area (Å²) in [4.78, 5) is 20.9. The number of fused-ring (bicyclic) bond motifs is 1. The van der Waals surface area contributed by atoms with Crippen molar-refractivity contribution in [3.8, 4) is 0 Å². The molecule has 1 aromatic carbocycles. The first-order chi connectivity index (χ1) is 16.1. The molecule has 1 saturated heterocycles. The number of ether oxygens (including phenoxy) is 1. The van der Waals surface area contributed by atoms with Gasteiger partial charge in [0.2, 0.25) is 0 Å². The summed E-state index contributed by atoms with van der Waals surface area (Å²) in [5, 5.41) is 13.1. The molecule has 0 spiro atoms. The Labute approximate surface area is 194 Å². The number of imidazole rings is 1. The number of carboxylic acids is 1. The number of para-hydroxylation sites is 2. The fourth-order valence-corrected chi connectivity index (χ4v) is 4.37. The van der Waals surface area contributed by atoms with Crippen LogP contribution in [-0.4, -0.2) is 86.1 Å². The molecule has 0 amide bonds. The zero-order chi connectivity index (χ0) is 23.0. The third-order valence-electron chi connectivity index (χ3n) is 6.22. The fraction of sp³-hybridized carbons (Fsp3) is 0.542. The molecular weight excluding hydrogens is 420 g/mol. The minimum absolute atomic E-state index is 0.248. The maximum Gasteiger partial charge on any atom is 0.338 e. The van der Waals surface area contributed by atoms with Crippen LogP contribution in [-0.2, 0) is 24.4 Å². The Balaban J connectivity index is 1.22.